The van der Waals surface area contributed by atoms with Crippen LogP contribution in [0.25, 0.3) is 0 Å². The van der Waals surface area contributed by atoms with Crippen molar-refractivity contribution in [2.45, 2.75) is 38.1 Å². The Bertz CT molecular complexity index is 620. The molecule has 0 radical (unpaired) electrons. The SMILES string of the molecule is COC(=O)N1CCN2c3cccc(c3)CCCCCCNC(=O)C2C1. The van der Waals surface area contributed by atoms with Gasteiger partial charge in [-0.15, -0.1) is 0 Å². The zero-order valence-electron chi connectivity index (χ0n) is 14.9. The molecular weight excluding hydrogens is 318 g/mol. The summed E-state index contributed by atoms with van der Waals surface area (Å²) in [6.07, 6.45) is 5.19. The first kappa shape index (κ1) is 17.6. The number of carbonyl (C=O) groups is 2. The normalized spacial score (nSPS) is 22.0. The molecule has 3 rings (SSSR count). The zero-order chi connectivity index (χ0) is 17.6. The Labute approximate surface area is 149 Å². The molecule has 6 heteroatoms. The number of rotatable bonds is 0. The number of hydrogen-bond acceptors (Lipinski definition) is 4. The van der Waals surface area contributed by atoms with E-state index in [4.69, 9.17) is 4.74 Å². The molecule has 1 aromatic rings. The predicted molar refractivity (Wildman–Crippen MR) is 96.7 cm³/mol. The third kappa shape index (κ3) is 4.24. The molecule has 136 valence electrons. The van der Waals surface area contributed by atoms with E-state index >= 15 is 0 Å². The topological polar surface area (TPSA) is 61.9 Å². The Balaban J connectivity index is 1.86. The van der Waals surface area contributed by atoms with Crippen LogP contribution in [-0.2, 0) is 16.0 Å². The minimum absolute atomic E-state index is 0.0155. The molecule has 2 bridgehead atoms. The van der Waals surface area contributed by atoms with Gasteiger partial charge in [-0.2, -0.15) is 0 Å². The average molecular weight is 345 g/mol. The van der Waals surface area contributed by atoms with Crippen molar-refractivity contribution in [2.24, 2.45) is 0 Å². The van der Waals surface area contributed by atoms with Crippen molar-refractivity contribution in [2.75, 3.05) is 38.2 Å². The Hall–Kier alpha value is -2.24. The van der Waals surface area contributed by atoms with Crippen LogP contribution in [0.1, 0.15) is 31.2 Å². The van der Waals surface area contributed by atoms with E-state index in [1.54, 1.807) is 4.90 Å². The zero-order valence-corrected chi connectivity index (χ0v) is 14.9. The van der Waals surface area contributed by atoms with E-state index < -0.39 is 0 Å². The molecule has 0 aromatic heterocycles. The lowest BCUT2D eigenvalue weighted by atomic mass is 10.0. The van der Waals surface area contributed by atoms with Gasteiger partial charge in [0.05, 0.1) is 13.7 Å². The number of piperazine rings is 1. The number of fused-ring (bicyclic) bond motifs is 4. The fraction of sp³-hybridized carbons (Fsp3) is 0.579. The third-order valence-corrected chi connectivity index (χ3v) is 5.05. The summed E-state index contributed by atoms with van der Waals surface area (Å²) >= 11 is 0. The molecule has 1 atom stereocenters. The predicted octanol–water partition coefficient (Wildman–Crippen LogP) is 2.18. The minimum atomic E-state index is -0.385. The molecule has 6 nitrogen and oxygen atoms in total. The van der Waals surface area contributed by atoms with Crippen molar-refractivity contribution in [1.82, 2.24) is 10.2 Å². The van der Waals surface area contributed by atoms with Gasteiger partial charge in [0.1, 0.15) is 6.04 Å². The van der Waals surface area contributed by atoms with E-state index in [-0.39, 0.29) is 18.0 Å². The number of methoxy groups -OCH3 is 1. The van der Waals surface area contributed by atoms with Gasteiger partial charge in [0, 0.05) is 25.3 Å². The van der Waals surface area contributed by atoms with Gasteiger partial charge >= 0.3 is 6.09 Å². The van der Waals surface area contributed by atoms with Crippen LogP contribution in [0.2, 0.25) is 0 Å². The molecule has 0 aliphatic carbocycles. The summed E-state index contributed by atoms with van der Waals surface area (Å²) < 4.78 is 4.84. The van der Waals surface area contributed by atoms with E-state index in [9.17, 15) is 9.59 Å². The largest absolute Gasteiger partial charge is 0.453 e. The molecule has 2 aliphatic rings. The van der Waals surface area contributed by atoms with Crippen LogP contribution < -0.4 is 10.2 Å². The molecule has 1 N–H and O–H groups in total. The maximum Gasteiger partial charge on any atom is 0.409 e. The fourth-order valence-electron chi connectivity index (χ4n) is 3.64. The monoisotopic (exact) mass is 345 g/mol. The first-order valence-corrected chi connectivity index (χ1v) is 9.15. The van der Waals surface area contributed by atoms with E-state index in [1.165, 1.54) is 25.5 Å². The summed E-state index contributed by atoms with van der Waals surface area (Å²) in [6.45, 7) is 2.22. The van der Waals surface area contributed by atoms with Crippen molar-refractivity contribution in [3.63, 3.8) is 0 Å². The van der Waals surface area contributed by atoms with Gasteiger partial charge in [-0.3, -0.25) is 4.79 Å². The maximum absolute atomic E-state index is 12.8. The van der Waals surface area contributed by atoms with Crippen molar-refractivity contribution in [1.29, 1.82) is 0 Å². The van der Waals surface area contributed by atoms with Gasteiger partial charge in [-0.05, 0) is 37.0 Å². The number of nitrogens with zero attached hydrogens (tertiary/aromatic N) is 2. The standard InChI is InChI=1S/C19H27N3O3/c1-25-19(24)21-11-12-22-16-9-6-8-15(13-16)7-4-2-3-5-10-20-18(23)17(22)14-21/h6,8-9,13,17H,2-5,7,10-12,14H2,1H3,(H,20,23). The summed E-state index contributed by atoms with van der Waals surface area (Å²) in [7, 11) is 1.38. The van der Waals surface area contributed by atoms with Crippen molar-refractivity contribution < 1.29 is 14.3 Å². The number of benzene rings is 1. The van der Waals surface area contributed by atoms with Gasteiger partial charge in [-0.25, -0.2) is 4.79 Å². The van der Waals surface area contributed by atoms with Crippen molar-refractivity contribution in [3.8, 4) is 0 Å². The second kappa shape index (κ2) is 8.23. The molecule has 2 aliphatic heterocycles. The van der Waals surface area contributed by atoms with Crippen molar-refractivity contribution in [3.05, 3.63) is 29.8 Å². The van der Waals surface area contributed by atoms with Gasteiger partial charge in [0.15, 0.2) is 0 Å². The van der Waals surface area contributed by atoms with Gasteiger partial charge < -0.3 is 19.9 Å². The molecule has 2 amide bonds. The Kier molecular flexibility index (Phi) is 5.79. The quantitative estimate of drug-likeness (QED) is 0.783. The average Bonchev–Trinajstić information content (AvgIpc) is 2.66. The highest BCUT2D eigenvalue weighted by molar-refractivity contribution is 5.86. The second-order valence-corrected chi connectivity index (χ2v) is 6.75. The maximum atomic E-state index is 12.8. The van der Waals surface area contributed by atoms with Gasteiger partial charge in [0.2, 0.25) is 5.91 Å². The molecule has 1 fully saturated rings. The smallest absolute Gasteiger partial charge is 0.409 e. The highest BCUT2D eigenvalue weighted by Crippen LogP contribution is 2.24. The number of hydrogen-bond donors (Lipinski definition) is 1. The van der Waals surface area contributed by atoms with E-state index in [0.717, 1.165) is 24.9 Å². The lowest BCUT2D eigenvalue weighted by Gasteiger charge is -2.41. The number of carbonyl (C=O) groups excluding carboxylic acids is 2. The van der Waals surface area contributed by atoms with Gasteiger partial charge in [-0.1, -0.05) is 25.0 Å². The van der Waals surface area contributed by atoms with E-state index in [2.05, 4.69) is 34.5 Å². The first-order chi connectivity index (χ1) is 12.2. The highest BCUT2D eigenvalue weighted by Gasteiger charge is 2.34. The van der Waals surface area contributed by atoms with Crippen LogP contribution in [0.4, 0.5) is 10.5 Å². The number of amides is 2. The lowest BCUT2D eigenvalue weighted by molar-refractivity contribution is -0.123. The molecule has 0 saturated carbocycles. The first-order valence-electron chi connectivity index (χ1n) is 9.15. The van der Waals surface area contributed by atoms with Crippen LogP contribution in [-0.4, -0.2) is 56.2 Å². The molecule has 1 unspecified atom stereocenters. The number of ether oxygens (including phenoxy) is 1. The molecule has 25 heavy (non-hydrogen) atoms. The lowest BCUT2D eigenvalue weighted by Crippen LogP contribution is -2.60. The summed E-state index contributed by atoms with van der Waals surface area (Å²) in [5.41, 5.74) is 2.37. The Morgan fingerprint density at radius 1 is 1.20 bits per heavy atom. The fourth-order valence-corrected chi connectivity index (χ4v) is 3.64. The number of anilines is 1. The minimum Gasteiger partial charge on any atom is -0.453 e. The van der Waals surface area contributed by atoms with Crippen LogP contribution in [0.15, 0.2) is 24.3 Å². The third-order valence-electron chi connectivity index (χ3n) is 5.05. The second-order valence-electron chi connectivity index (χ2n) is 6.75. The summed E-state index contributed by atoms with van der Waals surface area (Å²) in [4.78, 5) is 28.4. The molecule has 2 heterocycles. The highest BCUT2D eigenvalue weighted by atomic mass is 16.5. The molecule has 1 aromatic carbocycles. The number of nitrogens with one attached hydrogen (secondary N) is 1. The van der Waals surface area contributed by atoms with E-state index in [0.29, 0.717) is 26.2 Å². The Morgan fingerprint density at radius 2 is 2.04 bits per heavy atom. The summed E-state index contributed by atoms with van der Waals surface area (Å²) in [5.74, 6) is -0.0155. The van der Waals surface area contributed by atoms with Gasteiger partial charge in [0.25, 0.3) is 0 Å². The van der Waals surface area contributed by atoms with Crippen molar-refractivity contribution >= 4 is 17.7 Å². The number of aryl methyl sites for hydroxylation is 1. The molecular formula is C19H27N3O3. The molecule has 0 spiro atoms. The van der Waals surface area contributed by atoms with E-state index in [1.807, 2.05) is 0 Å². The van der Waals surface area contributed by atoms with Crippen LogP contribution in [0.3, 0.4) is 0 Å². The Morgan fingerprint density at radius 3 is 2.88 bits per heavy atom. The van der Waals surface area contributed by atoms with Crippen LogP contribution in [0, 0.1) is 0 Å². The summed E-state index contributed by atoms with van der Waals surface area (Å²) in [6, 6.07) is 8.07. The summed E-state index contributed by atoms with van der Waals surface area (Å²) in [5, 5.41) is 3.05. The van der Waals surface area contributed by atoms with Crippen LogP contribution in [0.5, 0.6) is 0 Å². The van der Waals surface area contributed by atoms with Crippen LogP contribution >= 0.6 is 0 Å². The molecule has 1 saturated heterocycles.